The molecule has 1 aromatic carbocycles. The van der Waals surface area contributed by atoms with Gasteiger partial charge in [0.1, 0.15) is 0 Å². The lowest BCUT2D eigenvalue weighted by atomic mass is 9.94. The predicted octanol–water partition coefficient (Wildman–Crippen LogP) is 3.31. The van der Waals surface area contributed by atoms with E-state index in [9.17, 15) is 9.59 Å². The van der Waals surface area contributed by atoms with Crippen LogP contribution in [0.3, 0.4) is 0 Å². The number of hydrogen-bond donors (Lipinski definition) is 2. The molecule has 0 atom stereocenters. The molecule has 0 radical (unpaired) electrons. The molecule has 3 aromatic heterocycles. The van der Waals surface area contributed by atoms with Gasteiger partial charge in [-0.05, 0) is 44.0 Å². The fourth-order valence-electron chi connectivity index (χ4n) is 4.04. The number of carbonyl (C=O) groups is 2. The van der Waals surface area contributed by atoms with E-state index < -0.39 is 0 Å². The highest BCUT2D eigenvalue weighted by atomic mass is 16.2. The summed E-state index contributed by atoms with van der Waals surface area (Å²) in [5.74, 6) is -0.768. The van der Waals surface area contributed by atoms with Gasteiger partial charge in [0, 0.05) is 34.4 Å². The van der Waals surface area contributed by atoms with Crippen LogP contribution in [0.15, 0.2) is 42.7 Å². The number of benzene rings is 1. The third-order valence-electron chi connectivity index (χ3n) is 5.34. The Morgan fingerprint density at radius 3 is 2.61 bits per heavy atom. The molecule has 0 saturated carbocycles. The zero-order valence-corrected chi connectivity index (χ0v) is 15.8. The second-order valence-corrected chi connectivity index (χ2v) is 7.23. The molecule has 2 amide bonds. The molecule has 6 heteroatoms. The number of imide groups is 1. The Morgan fingerprint density at radius 2 is 1.79 bits per heavy atom. The van der Waals surface area contributed by atoms with Crippen molar-refractivity contribution < 1.29 is 9.59 Å². The predicted molar refractivity (Wildman–Crippen MR) is 108 cm³/mol. The molecule has 6 nitrogen and oxygen atoms in total. The smallest absolute Gasteiger partial charge is 0.259 e. The molecular weight excluding hydrogens is 352 g/mol. The van der Waals surface area contributed by atoms with E-state index in [4.69, 9.17) is 0 Å². The number of pyridine rings is 1. The van der Waals surface area contributed by atoms with Crippen LogP contribution in [0.5, 0.6) is 0 Å². The fourth-order valence-corrected chi connectivity index (χ4v) is 4.04. The maximum atomic E-state index is 12.8. The van der Waals surface area contributed by atoms with Crippen molar-refractivity contribution in [1.29, 1.82) is 0 Å². The zero-order chi connectivity index (χ0) is 19.6. The number of nitrogens with one attached hydrogen (secondary N) is 2. The van der Waals surface area contributed by atoms with Crippen LogP contribution in [0.1, 0.15) is 27.9 Å². The lowest BCUT2D eigenvalue weighted by Gasteiger charge is -2.05. The molecule has 28 heavy (non-hydrogen) atoms. The number of aromatic amines is 1. The van der Waals surface area contributed by atoms with Crippen molar-refractivity contribution in [3.63, 3.8) is 0 Å². The minimum absolute atomic E-state index is 0.380. The average Bonchev–Trinajstić information content (AvgIpc) is 3.28. The van der Waals surface area contributed by atoms with E-state index in [1.807, 2.05) is 57.3 Å². The summed E-state index contributed by atoms with van der Waals surface area (Å²) < 4.78 is 1.75. The lowest BCUT2D eigenvalue weighted by Crippen LogP contribution is -2.22. The van der Waals surface area contributed by atoms with E-state index >= 15 is 0 Å². The highest BCUT2D eigenvalue weighted by molar-refractivity contribution is 6.50. The fraction of sp³-hybridized carbons (Fsp3) is 0.136. The van der Waals surface area contributed by atoms with Gasteiger partial charge < -0.3 is 4.98 Å². The van der Waals surface area contributed by atoms with E-state index in [-0.39, 0.29) is 11.8 Å². The first-order valence-corrected chi connectivity index (χ1v) is 9.08. The van der Waals surface area contributed by atoms with E-state index in [2.05, 4.69) is 15.4 Å². The second kappa shape index (κ2) is 5.66. The number of rotatable bonds is 2. The molecule has 4 heterocycles. The van der Waals surface area contributed by atoms with Gasteiger partial charge in [-0.25, -0.2) is 4.52 Å². The van der Waals surface area contributed by atoms with Crippen LogP contribution in [0.2, 0.25) is 0 Å². The highest BCUT2D eigenvalue weighted by Gasteiger charge is 2.36. The van der Waals surface area contributed by atoms with Crippen LogP contribution < -0.4 is 5.32 Å². The summed E-state index contributed by atoms with van der Waals surface area (Å²) in [6, 6.07) is 9.86. The summed E-state index contributed by atoms with van der Waals surface area (Å²) in [6.45, 7) is 5.86. The Hall–Kier alpha value is -3.67. The number of aromatic nitrogens is 3. The Labute approximate surface area is 160 Å². The van der Waals surface area contributed by atoms with Crippen molar-refractivity contribution in [3.8, 4) is 0 Å². The van der Waals surface area contributed by atoms with Gasteiger partial charge in [-0.1, -0.05) is 18.2 Å². The van der Waals surface area contributed by atoms with Gasteiger partial charge in [-0.15, -0.1) is 0 Å². The van der Waals surface area contributed by atoms with Crippen molar-refractivity contribution in [3.05, 3.63) is 70.7 Å². The van der Waals surface area contributed by atoms with E-state index in [1.54, 1.807) is 10.7 Å². The van der Waals surface area contributed by atoms with E-state index in [1.165, 1.54) is 0 Å². The normalized spacial score (nSPS) is 14.5. The Balaban J connectivity index is 1.88. The standard InChI is InChI=1S/C22H18N4O2/c1-11-7-8-26-16(9-11)17(13(3)25-26)19-18(21(27)24-22(19)28)15-10-23-20-12(2)5-4-6-14(15)20/h4-10,23H,1-3H3,(H,24,27,28). The molecule has 0 unspecified atom stereocenters. The van der Waals surface area contributed by atoms with Crippen molar-refractivity contribution in [2.24, 2.45) is 0 Å². The Bertz CT molecular complexity index is 1350. The molecule has 5 rings (SSSR count). The number of hydrogen-bond acceptors (Lipinski definition) is 3. The molecule has 0 fully saturated rings. The van der Waals surface area contributed by atoms with Gasteiger partial charge >= 0.3 is 0 Å². The summed E-state index contributed by atoms with van der Waals surface area (Å²) in [6.07, 6.45) is 3.67. The number of amides is 2. The van der Waals surface area contributed by atoms with Crippen molar-refractivity contribution in [2.45, 2.75) is 20.8 Å². The number of nitrogens with zero attached hydrogens (tertiary/aromatic N) is 2. The molecule has 0 aliphatic carbocycles. The quantitative estimate of drug-likeness (QED) is 0.531. The van der Waals surface area contributed by atoms with Crippen molar-refractivity contribution in [1.82, 2.24) is 19.9 Å². The summed E-state index contributed by atoms with van der Waals surface area (Å²) in [4.78, 5) is 28.9. The summed E-state index contributed by atoms with van der Waals surface area (Å²) >= 11 is 0. The van der Waals surface area contributed by atoms with Crippen LogP contribution in [-0.4, -0.2) is 26.4 Å². The first-order chi connectivity index (χ1) is 13.5. The van der Waals surface area contributed by atoms with Gasteiger partial charge in [-0.3, -0.25) is 14.9 Å². The number of H-pyrrole nitrogens is 1. The number of carbonyl (C=O) groups excluding carboxylic acids is 2. The van der Waals surface area contributed by atoms with Crippen LogP contribution >= 0.6 is 0 Å². The maximum absolute atomic E-state index is 12.8. The molecule has 1 aliphatic rings. The third kappa shape index (κ3) is 2.18. The number of para-hydroxylation sites is 1. The van der Waals surface area contributed by atoms with Gasteiger partial charge in [-0.2, -0.15) is 5.10 Å². The average molecular weight is 370 g/mol. The van der Waals surface area contributed by atoms with Crippen LogP contribution in [-0.2, 0) is 9.59 Å². The van der Waals surface area contributed by atoms with Gasteiger partial charge in [0.15, 0.2) is 0 Å². The molecule has 0 bridgehead atoms. The molecule has 1 aliphatic heterocycles. The van der Waals surface area contributed by atoms with Crippen molar-refractivity contribution >= 4 is 39.4 Å². The lowest BCUT2D eigenvalue weighted by molar-refractivity contribution is -0.122. The minimum Gasteiger partial charge on any atom is -0.360 e. The highest BCUT2D eigenvalue weighted by Crippen LogP contribution is 2.38. The number of fused-ring (bicyclic) bond motifs is 2. The monoisotopic (exact) mass is 370 g/mol. The van der Waals surface area contributed by atoms with E-state index in [0.29, 0.717) is 22.4 Å². The van der Waals surface area contributed by atoms with Gasteiger partial charge in [0.2, 0.25) is 0 Å². The molecule has 2 N–H and O–H groups in total. The summed E-state index contributed by atoms with van der Waals surface area (Å²) in [5, 5.41) is 7.93. The van der Waals surface area contributed by atoms with Crippen LogP contribution in [0.4, 0.5) is 0 Å². The summed E-state index contributed by atoms with van der Waals surface area (Å²) in [7, 11) is 0. The van der Waals surface area contributed by atoms with Gasteiger partial charge in [0.25, 0.3) is 11.8 Å². The Morgan fingerprint density at radius 1 is 1.00 bits per heavy atom. The Kier molecular flexibility index (Phi) is 3.34. The zero-order valence-electron chi connectivity index (χ0n) is 15.8. The number of aryl methyl sites for hydroxylation is 3. The van der Waals surface area contributed by atoms with Gasteiger partial charge in [0.05, 0.1) is 22.4 Å². The minimum atomic E-state index is -0.387. The first-order valence-electron chi connectivity index (χ1n) is 9.08. The second-order valence-electron chi connectivity index (χ2n) is 7.23. The van der Waals surface area contributed by atoms with Crippen LogP contribution in [0, 0.1) is 20.8 Å². The SMILES string of the molecule is Cc1ccn2nc(C)c(C3=C(c4c[nH]c5c(C)cccc45)C(=O)NC3=O)c2c1. The molecule has 0 spiro atoms. The topological polar surface area (TPSA) is 79.3 Å². The third-order valence-corrected chi connectivity index (χ3v) is 5.34. The summed E-state index contributed by atoms with van der Waals surface area (Å²) in [5.41, 5.74) is 6.81. The first kappa shape index (κ1) is 16.5. The van der Waals surface area contributed by atoms with Crippen LogP contribution in [0.25, 0.3) is 27.6 Å². The molecule has 0 saturated heterocycles. The van der Waals surface area contributed by atoms with E-state index in [0.717, 1.165) is 33.1 Å². The largest absolute Gasteiger partial charge is 0.360 e. The van der Waals surface area contributed by atoms with Crippen molar-refractivity contribution in [2.75, 3.05) is 0 Å². The molecule has 138 valence electrons. The maximum Gasteiger partial charge on any atom is 0.259 e. The molecular formula is C22H18N4O2. The molecule has 4 aromatic rings.